The molecule has 0 bridgehead atoms. The molecule has 0 aliphatic carbocycles. The van der Waals surface area contributed by atoms with E-state index in [1.807, 2.05) is 13.8 Å². The molecule has 0 aliphatic rings. The zero-order valence-corrected chi connectivity index (χ0v) is 12.3. The highest BCUT2D eigenvalue weighted by molar-refractivity contribution is 6.30. The van der Waals surface area contributed by atoms with E-state index in [1.54, 1.807) is 25.1 Å². The summed E-state index contributed by atoms with van der Waals surface area (Å²) in [5.41, 5.74) is 0.677. The second-order valence-electron chi connectivity index (χ2n) is 5.01. The Labute approximate surface area is 119 Å². The van der Waals surface area contributed by atoms with Crippen molar-refractivity contribution < 1.29 is 9.90 Å². The Hall–Kier alpha value is -1.26. The molecule has 1 aromatic carbocycles. The summed E-state index contributed by atoms with van der Waals surface area (Å²) in [6, 6.07) is 4.53. The molecule has 0 spiro atoms. The van der Waals surface area contributed by atoms with Gasteiger partial charge in [-0.1, -0.05) is 25.4 Å². The fourth-order valence-electron chi connectivity index (χ4n) is 1.51. The third-order valence-corrected chi connectivity index (χ3v) is 2.95. The summed E-state index contributed by atoms with van der Waals surface area (Å²) in [5.74, 6) is 0.551. The minimum Gasteiger partial charge on any atom is -0.508 e. The number of hydrogen-bond acceptors (Lipinski definition) is 3. The lowest BCUT2D eigenvalue weighted by atomic mass is 10.2. The number of phenolic OH excluding ortho intramolecular Hbond substituents is 1. The summed E-state index contributed by atoms with van der Waals surface area (Å²) in [6.45, 7) is 6.93. The van der Waals surface area contributed by atoms with Crippen LogP contribution in [-0.2, 0) is 11.3 Å². The monoisotopic (exact) mass is 284 g/mol. The number of amides is 1. The van der Waals surface area contributed by atoms with Crippen LogP contribution in [0.25, 0.3) is 0 Å². The van der Waals surface area contributed by atoms with E-state index in [1.165, 1.54) is 0 Å². The van der Waals surface area contributed by atoms with E-state index in [0.717, 1.165) is 0 Å². The Morgan fingerprint density at radius 3 is 2.68 bits per heavy atom. The number of nitrogens with one attached hydrogen (secondary N) is 2. The Morgan fingerprint density at radius 1 is 1.37 bits per heavy atom. The largest absolute Gasteiger partial charge is 0.508 e. The van der Waals surface area contributed by atoms with Crippen molar-refractivity contribution in [2.75, 3.05) is 6.54 Å². The van der Waals surface area contributed by atoms with Gasteiger partial charge >= 0.3 is 0 Å². The third-order valence-electron chi connectivity index (χ3n) is 2.72. The number of phenols is 1. The maximum atomic E-state index is 11.8. The normalized spacial score (nSPS) is 12.5. The number of benzene rings is 1. The molecule has 0 saturated carbocycles. The Morgan fingerprint density at radius 2 is 2.05 bits per heavy atom. The van der Waals surface area contributed by atoms with Crippen LogP contribution in [0.3, 0.4) is 0 Å². The fourth-order valence-corrected chi connectivity index (χ4v) is 1.70. The zero-order valence-electron chi connectivity index (χ0n) is 11.5. The van der Waals surface area contributed by atoms with Crippen LogP contribution in [0.15, 0.2) is 18.2 Å². The minimum atomic E-state index is -0.322. The van der Waals surface area contributed by atoms with E-state index in [0.29, 0.717) is 29.6 Å². The molecule has 1 aromatic rings. The molecule has 1 amide bonds. The second-order valence-corrected chi connectivity index (χ2v) is 5.45. The summed E-state index contributed by atoms with van der Waals surface area (Å²) in [4.78, 5) is 11.8. The average Bonchev–Trinajstić information content (AvgIpc) is 2.36. The van der Waals surface area contributed by atoms with Crippen molar-refractivity contribution >= 4 is 17.5 Å². The third kappa shape index (κ3) is 5.49. The molecule has 19 heavy (non-hydrogen) atoms. The lowest BCUT2D eigenvalue weighted by Crippen LogP contribution is -2.42. The van der Waals surface area contributed by atoms with Crippen molar-refractivity contribution in [1.82, 2.24) is 10.6 Å². The van der Waals surface area contributed by atoms with Gasteiger partial charge in [0.15, 0.2) is 0 Å². The van der Waals surface area contributed by atoms with Crippen molar-refractivity contribution in [1.29, 1.82) is 0 Å². The van der Waals surface area contributed by atoms with E-state index >= 15 is 0 Å². The molecule has 1 atom stereocenters. The Kier molecular flexibility index (Phi) is 6.12. The molecular formula is C14H21ClN2O2. The van der Waals surface area contributed by atoms with Crippen LogP contribution in [-0.4, -0.2) is 23.6 Å². The predicted octanol–water partition coefficient (Wildman–Crippen LogP) is 2.30. The van der Waals surface area contributed by atoms with Gasteiger partial charge in [-0.15, -0.1) is 0 Å². The highest BCUT2D eigenvalue weighted by Gasteiger charge is 2.13. The number of carbonyl (C=O) groups is 1. The lowest BCUT2D eigenvalue weighted by Gasteiger charge is -2.15. The van der Waals surface area contributed by atoms with E-state index < -0.39 is 0 Å². The first-order valence-corrected chi connectivity index (χ1v) is 6.76. The standard InChI is InChI=1S/C14H21ClN2O2/c1-9(2)7-17-14(19)10(3)16-8-11-6-12(15)4-5-13(11)18/h4-6,9-10,16,18H,7-8H2,1-3H3,(H,17,19). The van der Waals surface area contributed by atoms with Crippen molar-refractivity contribution in [3.63, 3.8) is 0 Å². The quantitative estimate of drug-likeness (QED) is 0.751. The smallest absolute Gasteiger partial charge is 0.236 e. The van der Waals surface area contributed by atoms with E-state index in [2.05, 4.69) is 10.6 Å². The molecule has 0 fully saturated rings. The van der Waals surface area contributed by atoms with Gasteiger partial charge in [0.2, 0.25) is 5.91 Å². The van der Waals surface area contributed by atoms with Crippen LogP contribution in [0.4, 0.5) is 0 Å². The van der Waals surface area contributed by atoms with E-state index in [-0.39, 0.29) is 17.7 Å². The van der Waals surface area contributed by atoms with Gasteiger partial charge in [0.05, 0.1) is 6.04 Å². The molecule has 3 N–H and O–H groups in total. The maximum Gasteiger partial charge on any atom is 0.236 e. The van der Waals surface area contributed by atoms with Gasteiger partial charge in [-0.3, -0.25) is 4.79 Å². The molecule has 5 heteroatoms. The van der Waals surface area contributed by atoms with Gasteiger partial charge in [-0.05, 0) is 31.0 Å². The van der Waals surface area contributed by atoms with Gasteiger partial charge in [0.1, 0.15) is 5.75 Å². The fraction of sp³-hybridized carbons (Fsp3) is 0.500. The SMILES string of the molecule is CC(C)CNC(=O)C(C)NCc1cc(Cl)ccc1O. The number of halogens is 1. The molecule has 0 aromatic heterocycles. The van der Waals surface area contributed by atoms with Crippen molar-refractivity contribution in [3.05, 3.63) is 28.8 Å². The van der Waals surface area contributed by atoms with Crippen LogP contribution in [0.5, 0.6) is 5.75 Å². The van der Waals surface area contributed by atoms with Crippen LogP contribution in [0, 0.1) is 5.92 Å². The average molecular weight is 285 g/mol. The molecule has 0 saturated heterocycles. The number of rotatable bonds is 6. The molecule has 4 nitrogen and oxygen atoms in total. The highest BCUT2D eigenvalue weighted by atomic mass is 35.5. The molecular weight excluding hydrogens is 264 g/mol. The van der Waals surface area contributed by atoms with Gasteiger partial charge in [0, 0.05) is 23.7 Å². The first-order chi connectivity index (χ1) is 8.90. The van der Waals surface area contributed by atoms with Gasteiger partial charge in [0.25, 0.3) is 0 Å². The van der Waals surface area contributed by atoms with E-state index in [4.69, 9.17) is 11.6 Å². The molecule has 0 aliphatic heterocycles. The molecule has 0 heterocycles. The number of hydrogen-bond donors (Lipinski definition) is 3. The summed E-state index contributed by atoms with van der Waals surface area (Å²) in [5, 5.41) is 16.1. The number of aromatic hydroxyl groups is 1. The highest BCUT2D eigenvalue weighted by Crippen LogP contribution is 2.21. The van der Waals surface area contributed by atoms with Gasteiger partial charge in [-0.2, -0.15) is 0 Å². The number of carbonyl (C=O) groups excluding carboxylic acids is 1. The predicted molar refractivity (Wildman–Crippen MR) is 77.3 cm³/mol. The molecule has 0 radical (unpaired) electrons. The summed E-state index contributed by atoms with van der Waals surface area (Å²) < 4.78 is 0. The van der Waals surface area contributed by atoms with E-state index in [9.17, 15) is 9.90 Å². The lowest BCUT2D eigenvalue weighted by molar-refractivity contribution is -0.122. The first kappa shape index (κ1) is 15.8. The van der Waals surface area contributed by atoms with Crippen LogP contribution < -0.4 is 10.6 Å². The minimum absolute atomic E-state index is 0.0461. The van der Waals surface area contributed by atoms with Gasteiger partial charge in [-0.25, -0.2) is 0 Å². The molecule has 1 unspecified atom stereocenters. The Bertz CT molecular complexity index is 435. The molecule has 1 rings (SSSR count). The van der Waals surface area contributed by atoms with Crippen molar-refractivity contribution in [2.24, 2.45) is 5.92 Å². The summed E-state index contributed by atoms with van der Waals surface area (Å²) >= 11 is 5.86. The van der Waals surface area contributed by atoms with Crippen LogP contribution >= 0.6 is 11.6 Å². The summed E-state index contributed by atoms with van der Waals surface area (Å²) in [6.07, 6.45) is 0. The van der Waals surface area contributed by atoms with Crippen molar-refractivity contribution in [2.45, 2.75) is 33.4 Å². The zero-order chi connectivity index (χ0) is 14.4. The maximum absolute atomic E-state index is 11.8. The molecule has 106 valence electrons. The first-order valence-electron chi connectivity index (χ1n) is 6.38. The van der Waals surface area contributed by atoms with Gasteiger partial charge < -0.3 is 15.7 Å². The van der Waals surface area contributed by atoms with Crippen molar-refractivity contribution in [3.8, 4) is 5.75 Å². The van der Waals surface area contributed by atoms with Crippen LogP contribution in [0.2, 0.25) is 5.02 Å². The summed E-state index contributed by atoms with van der Waals surface area (Å²) in [7, 11) is 0. The Balaban J connectivity index is 2.47. The van der Waals surface area contributed by atoms with Crippen LogP contribution in [0.1, 0.15) is 26.3 Å². The second kappa shape index (κ2) is 7.36. The topological polar surface area (TPSA) is 61.4 Å².